The minimum atomic E-state index is -3.23. The fourth-order valence-corrected chi connectivity index (χ4v) is 6.05. The van der Waals surface area contributed by atoms with E-state index in [9.17, 15) is 13.2 Å². The average molecular weight is 561 g/mol. The van der Waals surface area contributed by atoms with Crippen LogP contribution in [0.15, 0.2) is 42.5 Å². The Bertz CT molecular complexity index is 1140. The van der Waals surface area contributed by atoms with Crippen LogP contribution in [-0.4, -0.2) is 68.6 Å². The van der Waals surface area contributed by atoms with Crippen LogP contribution < -0.4 is 5.32 Å². The van der Waals surface area contributed by atoms with Gasteiger partial charge in [0.1, 0.15) is 0 Å². The van der Waals surface area contributed by atoms with Crippen molar-refractivity contribution in [3.8, 4) is 0 Å². The summed E-state index contributed by atoms with van der Waals surface area (Å²) in [4.78, 5) is 15.7. The monoisotopic (exact) mass is 559 g/mol. The molecule has 35 heavy (non-hydrogen) atoms. The van der Waals surface area contributed by atoms with E-state index in [0.29, 0.717) is 60.6 Å². The van der Waals surface area contributed by atoms with Crippen molar-refractivity contribution in [2.75, 3.05) is 39.0 Å². The molecule has 2 atom stereocenters. The van der Waals surface area contributed by atoms with Crippen LogP contribution in [0.4, 0.5) is 0 Å². The van der Waals surface area contributed by atoms with Gasteiger partial charge in [-0.1, -0.05) is 53.0 Å². The van der Waals surface area contributed by atoms with Gasteiger partial charge in [0, 0.05) is 37.2 Å². The van der Waals surface area contributed by atoms with Gasteiger partial charge < -0.3 is 10.2 Å². The quantitative estimate of drug-likeness (QED) is 0.486. The molecule has 1 fully saturated rings. The van der Waals surface area contributed by atoms with E-state index in [1.54, 1.807) is 12.1 Å². The van der Waals surface area contributed by atoms with Crippen LogP contribution in [0.5, 0.6) is 0 Å². The van der Waals surface area contributed by atoms with Crippen molar-refractivity contribution >= 4 is 50.7 Å². The number of rotatable bonds is 9. The summed E-state index contributed by atoms with van der Waals surface area (Å²) in [6.45, 7) is 6.63. The predicted molar refractivity (Wildman–Crippen MR) is 144 cm³/mol. The van der Waals surface area contributed by atoms with Gasteiger partial charge in [-0.2, -0.15) is 4.31 Å². The van der Waals surface area contributed by atoms with Crippen LogP contribution in [0.1, 0.15) is 31.4 Å². The number of hydrogen-bond donors (Lipinski definition) is 1. The maximum atomic E-state index is 13.5. The normalized spacial score (nSPS) is 19.3. The molecule has 1 N–H and O–H groups in total. The molecule has 0 saturated carbocycles. The SMILES string of the molecule is C[C@@H]1CN(CCC(C)(C(=O)NCCc2ccc(Cl)cc2)c2ccc(Cl)c(Cl)c2)CCN1S(C)(=O)=O. The summed E-state index contributed by atoms with van der Waals surface area (Å²) in [6, 6.07) is 12.8. The highest BCUT2D eigenvalue weighted by Crippen LogP contribution is 2.33. The third-order valence-corrected chi connectivity index (χ3v) is 9.06. The fourth-order valence-electron chi connectivity index (χ4n) is 4.49. The number of amides is 1. The molecule has 0 aliphatic carbocycles. The number of sulfonamides is 1. The second kappa shape index (κ2) is 11.8. The highest BCUT2D eigenvalue weighted by Gasteiger charge is 2.37. The topological polar surface area (TPSA) is 69.7 Å². The van der Waals surface area contributed by atoms with Gasteiger partial charge >= 0.3 is 0 Å². The molecule has 0 bridgehead atoms. The van der Waals surface area contributed by atoms with Crippen molar-refractivity contribution in [2.24, 2.45) is 0 Å². The van der Waals surface area contributed by atoms with E-state index in [2.05, 4.69) is 10.2 Å². The van der Waals surface area contributed by atoms with Crippen molar-refractivity contribution in [3.05, 3.63) is 68.7 Å². The summed E-state index contributed by atoms with van der Waals surface area (Å²) >= 11 is 18.4. The van der Waals surface area contributed by atoms with Crippen molar-refractivity contribution in [1.82, 2.24) is 14.5 Å². The van der Waals surface area contributed by atoms with Crippen molar-refractivity contribution in [1.29, 1.82) is 0 Å². The molecule has 1 aliphatic heterocycles. The number of nitrogens with zero attached hydrogens (tertiary/aromatic N) is 2. The van der Waals surface area contributed by atoms with Crippen LogP contribution >= 0.6 is 34.8 Å². The van der Waals surface area contributed by atoms with Crippen molar-refractivity contribution in [3.63, 3.8) is 0 Å². The molecule has 1 amide bonds. The zero-order chi connectivity index (χ0) is 25.8. The van der Waals surface area contributed by atoms with Crippen LogP contribution in [0.25, 0.3) is 0 Å². The number of carbonyl (C=O) groups excluding carboxylic acids is 1. The molecule has 0 aromatic heterocycles. The molecule has 1 unspecified atom stereocenters. The van der Waals surface area contributed by atoms with Gasteiger partial charge in [-0.05, 0) is 68.6 Å². The van der Waals surface area contributed by atoms with Gasteiger partial charge in [0.2, 0.25) is 15.9 Å². The highest BCUT2D eigenvalue weighted by atomic mass is 35.5. The molecule has 6 nitrogen and oxygen atoms in total. The molecule has 10 heteroatoms. The Hall–Kier alpha value is -1.35. The summed E-state index contributed by atoms with van der Waals surface area (Å²) in [5.41, 5.74) is 1.04. The zero-order valence-electron chi connectivity index (χ0n) is 20.2. The first-order valence-corrected chi connectivity index (χ1v) is 14.6. The number of piperazine rings is 1. The van der Waals surface area contributed by atoms with Gasteiger partial charge in [0.05, 0.1) is 21.7 Å². The molecule has 1 saturated heterocycles. The number of carbonyl (C=O) groups is 1. The lowest BCUT2D eigenvalue weighted by atomic mass is 9.78. The Balaban J connectivity index is 1.71. The molecule has 0 spiro atoms. The standard InChI is InChI=1S/C25H32Cl3N3O3S/c1-18-17-30(14-15-31(18)35(3,33)34)13-11-25(2,20-6-9-22(27)23(28)16-20)24(32)29-12-10-19-4-7-21(26)8-5-19/h4-9,16,18H,10-15,17H2,1-3H3,(H,29,32)/t18-,25?/m1/s1. The van der Waals surface area contributed by atoms with Gasteiger partial charge in [-0.3, -0.25) is 4.79 Å². The smallest absolute Gasteiger partial charge is 0.230 e. The van der Waals surface area contributed by atoms with Crippen molar-refractivity contribution in [2.45, 2.75) is 38.1 Å². The lowest BCUT2D eigenvalue weighted by molar-refractivity contribution is -0.126. The molecule has 0 radical (unpaired) electrons. The number of halogens is 3. The average Bonchev–Trinajstić information content (AvgIpc) is 2.79. The first-order chi connectivity index (χ1) is 16.4. The Morgan fingerprint density at radius 2 is 1.77 bits per heavy atom. The van der Waals surface area contributed by atoms with Gasteiger partial charge in [0.15, 0.2) is 0 Å². The van der Waals surface area contributed by atoms with E-state index in [1.165, 1.54) is 10.6 Å². The molecule has 2 aromatic rings. The Kier molecular flexibility index (Phi) is 9.51. The zero-order valence-corrected chi connectivity index (χ0v) is 23.3. The number of benzene rings is 2. The largest absolute Gasteiger partial charge is 0.355 e. The van der Waals surface area contributed by atoms with E-state index in [-0.39, 0.29) is 11.9 Å². The van der Waals surface area contributed by atoms with Crippen LogP contribution in [0.2, 0.25) is 15.1 Å². The third kappa shape index (κ3) is 7.34. The van der Waals surface area contributed by atoms with E-state index < -0.39 is 15.4 Å². The summed E-state index contributed by atoms with van der Waals surface area (Å²) in [5.74, 6) is -0.0901. The molecule has 2 aromatic carbocycles. The maximum absolute atomic E-state index is 13.5. The second-order valence-corrected chi connectivity index (χ2v) is 12.6. The lowest BCUT2D eigenvalue weighted by Gasteiger charge is -2.40. The minimum Gasteiger partial charge on any atom is -0.355 e. The third-order valence-electron chi connectivity index (χ3n) is 6.68. The molecule has 1 heterocycles. The second-order valence-electron chi connectivity index (χ2n) is 9.37. The molecule has 3 rings (SSSR count). The van der Waals surface area contributed by atoms with E-state index in [0.717, 1.165) is 11.1 Å². The summed E-state index contributed by atoms with van der Waals surface area (Å²) in [7, 11) is -3.23. The van der Waals surface area contributed by atoms with Crippen LogP contribution in [0.3, 0.4) is 0 Å². The number of hydrogen-bond acceptors (Lipinski definition) is 4. The Morgan fingerprint density at radius 1 is 1.09 bits per heavy atom. The Morgan fingerprint density at radius 3 is 2.37 bits per heavy atom. The van der Waals surface area contributed by atoms with Crippen LogP contribution in [0, 0.1) is 0 Å². The Labute approximate surface area is 223 Å². The van der Waals surface area contributed by atoms with E-state index >= 15 is 0 Å². The highest BCUT2D eigenvalue weighted by molar-refractivity contribution is 7.88. The summed E-state index contributed by atoms with van der Waals surface area (Å²) in [6.07, 6.45) is 2.48. The first-order valence-electron chi connectivity index (χ1n) is 11.6. The predicted octanol–water partition coefficient (Wildman–Crippen LogP) is 4.62. The molecular formula is C25H32Cl3N3O3S. The van der Waals surface area contributed by atoms with E-state index in [1.807, 2.05) is 44.2 Å². The van der Waals surface area contributed by atoms with Crippen LogP contribution in [-0.2, 0) is 26.7 Å². The fraction of sp³-hybridized carbons (Fsp3) is 0.480. The summed E-state index contributed by atoms with van der Waals surface area (Å²) in [5, 5.41) is 4.61. The number of nitrogens with one attached hydrogen (secondary N) is 1. The first kappa shape index (κ1) is 28.2. The van der Waals surface area contributed by atoms with Gasteiger partial charge in [-0.15, -0.1) is 0 Å². The molecule has 192 valence electrons. The maximum Gasteiger partial charge on any atom is 0.230 e. The summed E-state index contributed by atoms with van der Waals surface area (Å²) < 4.78 is 25.5. The lowest BCUT2D eigenvalue weighted by Crippen LogP contribution is -2.54. The molecule has 1 aliphatic rings. The molecular weight excluding hydrogens is 529 g/mol. The minimum absolute atomic E-state index is 0.0901. The van der Waals surface area contributed by atoms with E-state index in [4.69, 9.17) is 34.8 Å². The van der Waals surface area contributed by atoms with Gasteiger partial charge in [-0.25, -0.2) is 8.42 Å². The van der Waals surface area contributed by atoms with Crippen molar-refractivity contribution < 1.29 is 13.2 Å². The van der Waals surface area contributed by atoms with Gasteiger partial charge in [0.25, 0.3) is 0 Å².